The quantitative estimate of drug-likeness (QED) is 0.470. The Balaban J connectivity index is 2.31. The topological polar surface area (TPSA) is 110 Å². The zero-order chi connectivity index (χ0) is 17.0. The molecule has 7 nitrogen and oxygen atoms in total. The number of hydrogen-bond donors (Lipinski definition) is 0. The van der Waals surface area contributed by atoms with Crippen molar-refractivity contribution in [2.75, 3.05) is 5.75 Å². The number of benzene rings is 1. The van der Waals surface area contributed by atoms with Gasteiger partial charge in [0, 0.05) is 0 Å². The normalized spacial score (nSPS) is 10.8. The maximum atomic E-state index is 12.1. The molecule has 1 aromatic heterocycles. The van der Waals surface area contributed by atoms with Gasteiger partial charge in [-0.2, -0.15) is 5.26 Å². The number of sulfone groups is 1. The monoisotopic (exact) mass is 351 g/mol. The van der Waals surface area contributed by atoms with E-state index in [0.29, 0.717) is 5.56 Å². The van der Waals surface area contributed by atoms with Crippen molar-refractivity contribution in [2.45, 2.75) is 12.1 Å². The molecule has 0 saturated carbocycles. The Bertz CT molecular complexity index is 889. The second kappa shape index (κ2) is 6.73. The molecule has 0 aliphatic heterocycles. The maximum Gasteiger partial charge on any atom is 0.364 e. The molecule has 0 saturated heterocycles. The molecule has 1 heterocycles. The van der Waals surface area contributed by atoms with Gasteiger partial charge in [-0.25, -0.2) is 23.2 Å². The van der Waals surface area contributed by atoms with Gasteiger partial charge in [0.2, 0.25) is 15.0 Å². The van der Waals surface area contributed by atoms with Crippen LogP contribution in [0.25, 0.3) is 0 Å². The minimum atomic E-state index is -3.68. The predicted octanol–water partition coefficient (Wildman–Crippen LogP) is 2.01. The Hall–Kier alpha value is -2.50. The van der Waals surface area contributed by atoms with Gasteiger partial charge in [-0.15, -0.1) is 0 Å². The van der Waals surface area contributed by atoms with Crippen LogP contribution in [0.5, 0.6) is 5.75 Å². The summed E-state index contributed by atoms with van der Waals surface area (Å²) in [6, 6.07) is 7.72. The molecule has 0 amide bonds. The number of ether oxygens (including phenoxy) is 1. The first-order valence-electron chi connectivity index (χ1n) is 6.35. The highest BCUT2D eigenvalue weighted by Crippen LogP contribution is 2.19. The molecule has 2 rings (SSSR count). The van der Waals surface area contributed by atoms with Gasteiger partial charge >= 0.3 is 5.97 Å². The van der Waals surface area contributed by atoms with E-state index < -0.39 is 21.0 Å². The molecule has 0 bridgehead atoms. The van der Waals surface area contributed by atoms with Crippen molar-refractivity contribution in [1.82, 2.24) is 9.97 Å². The molecule has 1 aromatic carbocycles. The predicted molar refractivity (Wildman–Crippen MR) is 80.9 cm³/mol. The van der Waals surface area contributed by atoms with Crippen LogP contribution in [-0.2, 0) is 9.84 Å². The van der Waals surface area contributed by atoms with E-state index in [9.17, 15) is 13.2 Å². The summed E-state index contributed by atoms with van der Waals surface area (Å²) >= 11 is 5.83. The van der Waals surface area contributed by atoms with Crippen LogP contribution in [0.1, 0.15) is 23.0 Å². The lowest BCUT2D eigenvalue weighted by molar-refractivity contribution is 0.0727. The Morgan fingerprint density at radius 2 is 2.00 bits per heavy atom. The second-order valence-corrected chi connectivity index (χ2v) is 6.86. The highest BCUT2D eigenvalue weighted by atomic mass is 35.5. The number of hydrogen-bond acceptors (Lipinski definition) is 7. The minimum Gasteiger partial charge on any atom is -0.422 e. The van der Waals surface area contributed by atoms with Crippen LogP contribution >= 0.6 is 11.6 Å². The average Bonchev–Trinajstić information content (AvgIpc) is 2.55. The number of rotatable bonds is 4. The summed E-state index contributed by atoms with van der Waals surface area (Å²) in [7, 11) is -3.68. The van der Waals surface area contributed by atoms with Crippen LogP contribution in [0, 0.1) is 11.3 Å². The van der Waals surface area contributed by atoms with E-state index >= 15 is 0 Å². The van der Waals surface area contributed by atoms with Gasteiger partial charge in [0.15, 0.2) is 5.69 Å². The average molecular weight is 352 g/mol. The van der Waals surface area contributed by atoms with Gasteiger partial charge in [-0.1, -0.05) is 18.5 Å². The lowest BCUT2D eigenvalue weighted by Crippen LogP contribution is -2.16. The van der Waals surface area contributed by atoms with Crippen molar-refractivity contribution >= 4 is 27.4 Å². The van der Waals surface area contributed by atoms with Crippen molar-refractivity contribution in [3.05, 3.63) is 46.7 Å². The van der Waals surface area contributed by atoms with Crippen molar-refractivity contribution in [1.29, 1.82) is 5.26 Å². The summed E-state index contributed by atoms with van der Waals surface area (Å²) in [4.78, 5) is 19.4. The standard InChI is InChI=1S/C14H10ClN3O4S/c1-2-23(20,21)14-17-8-11(15)12(18-14)13(19)22-10-5-3-9(7-16)4-6-10/h3-6,8H,2H2,1H3. The number of aromatic nitrogens is 2. The number of halogens is 1. The first-order valence-corrected chi connectivity index (χ1v) is 8.38. The van der Waals surface area contributed by atoms with Gasteiger partial charge in [-0.3, -0.25) is 0 Å². The first-order chi connectivity index (χ1) is 10.9. The van der Waals surface area contributed by atoms with E-state index in [1.54, 1.807) is 0 Å². The number of nitrogens with zero attached hydrogens (tertiary/aromatic N) is 3. The molecule has 118 valence electrons. The van der Waals surface area contributed by atoms with Crippen LogP contribution in [0.4, 0.5) is 0 Å². The molecular weight excluding hydrogens is 342 g/mol. The molecule has 0 aliphatic carbocycles. The highest BCUT2D eigenvalue weighted by molar-refractivity contribution is 7.91. The molecule has 0 N–H and O–H groups in total. The van der Waals surface area contributed by atoms with Crippen molar-refractivity contribution in [3.63, 3.8) is 0 Å². The third-order valence-electron chi connectivity index (χ3n) is 2.77. The Morgan fingerprint density at radius 3 is 2.57 bits per heavy atom. The SMILES string of the molecule is CCS(=O)(=O)c1ncc(Cl)c(C(=O)Oc2ccc(C#N)cc2)n1. The molecule has 0 fully saturated rings. The first kappa shape index (κ1) is 16.9. The largest absolute Gasteiger partial charge is 0.422 e. The van der Waals surface area contributed by atoms with E-state index in [2.05, 4.69) is 9.97 Å². The van der Waals surface area contributed by atoms with Crippen LogP contribution in [0.3, 0.4) is 0 Å². The van der Waals surface area contributed by atoms with E-state index in [-0.39, 0.29) is 22.2 Å². The zero-order valence-electron chi connectivity index (χ0n) is 11.9. The van der Waals surface area contributed by atoms with Crippen molar-refractivity contribution in [2.24, 2.45) is 0 Å². The fourth-order valence-corrected chi connectivity index (χ4v) is 2.40. The third kappa shape index (κ3) is 3.83. The van der Waals surface area contributed by atoms with Crippen molar-refractivity contribution < 1.29 is 17.9 Å². The Kier molecular flexibility index (Phi) is 4.93. The number of carbonyl (C=O) groups is 1. The molecule has 23 heavy (non-hydrogen) atoms. The zero-order valence-corrected chi connectivity index (χ0v) is 13.4. The summed E-state index contributed by atoms with van der Waals surface area (Å²) < 4.78 is 28.6. The van der Waals surface area contributed by atoms with Gasteiger partial charge in [0.05, 0.1) is 28.6 Å². The van der Waals surface area contributed by atoms with Crippen LogP contribution in [0.15, 0.2) is 35.6 Å². The number of carbonyl (C=O) groups excluding carboxylic acids is 1. The van der Waals surface area contributed by atoms with Gasteiger partial charge < -0.3 is 4.74 Å². The van der Waals surface area contributed by atoms with Gasteiger partial charge in [-0.05, 0) is 24.3 Å². The molecule has 0 radical (unpaired) electrons. The van der Waals surface area contributed by atoms with E-state index in [1.165, 1.54) is 31.2 Å². The maximum absolute atomic E-state index is 12.1. The number of esters is 1. The van der Waals surface area contributed by atoms with E-state index in [4.69, 9.17) is 21.6 Å². The molecule has 2 aromatic rings. The van der Waals surface area contributed by atoms with E-state index in [1.807, 2.05) is 6.07 Å². The lowest BCUT2D eigenvalue weighted by atomic mass is 10.2. The molecule has 0 atom stereocenters. The van der Waals surface area contributed by atoms with Crippen LogP contribution in [0.2, 0.25) is 5.02 Å². The van der Waals surface area contributed by atoms with Gasteiger partial charge in [0.1, 0.15) is 5.75 Å². The van der Waals surface area contributed by atoms with Crippen LogP contribution < -0.4 is 4.74 Å². The summed E-state index contributed by atoms with van der Waals surface area (Å²) in [6.45, 7) is 1.43. The fourth-order valence-electron chi connectivity index (χ4n) is 1.53. The summed E-state index contributed by atoms with van der Waals surface area (Å²) in [5, 5.41) is 8.09. The molecule has 0 spiro atoms. The summed E-state index contributed by atoms with van der Waals surface area (Å²) in [5.41, 5.74) is 0.0549. The molecule has 0 unspecified atom stereocenters. The summed E-state index contributed by atoms with van der Waals surface area (Å²) in [5.74, 6) is -0.961. The molecular formula is C14H10ClN3O4S. The number of nitriles is 1. The van der Waals surface area contributed by atoms with Crippen molar-refractivity contribution in [3.8, 4) is 11.8 Å². The lowest BCUT2D eigenvalue weighted by Gasteiger charge is -2.06. The van der Waals surface area contributed by atoms with Gasteiger partial charge in [0.25, 0.3) is 0 Å². The van der Waals surface area contributed by atoms with Crippen LogP contribution in [-0.4, -0.2) is 30.1 Å². The Labute approximate surface area is 137 Å². The van der Waals surface area contributed by atoms with E-state index in [0.717, 1.165) is 6.20 Å². The fraction of sp³-hybridized carbons (Fsp3) is 0.143. The second-order valence-electron chi connectivity index (χ2n) is 4.28. The summed E-state index contributed by atoms with van der Waals surface area (Å²) in [6.07, 6.45) is 1.03. The molecule has 9 heteroatoms. The smallest absolute Gasteiger partial charge is 0.364 e. The Morgan fingerprint density at radius 1 is 1.35 bits per heavy atom. The molecule has 0 aliphatic rings. The minimum absolute atomic E-state index is 0.126. The third-order valence-corrected chi connectivity index (χ3v) is 4.56. The highest BCUT2D eigenvalue weighted by Gasteiger charge is 2.22.